The minimum Gasteiger partial charge on any atom is -0.339 e. The molecule has 2 atom stereocenters. The molecule has 2 aromatic rings. The van der Waals surface area contributed by atoms with E-state index in [1.807, 2.05) is 30.0 Å². The second-order valence-electron chi connectivity index (χ2n) is 6.89. The Bertz CT molecular complexity index is 713. The summed E-state index contributed by atoms with van der Waals surface area (Å²) in [7, 11) is 0. The first-order valence-electron chi connectivity index (χ1n) is 8.68. The Morgan fingerprint density at radius 1 is 1.21 bits per heavy atom. The first-order chi connectivity index (χ1) is 11.7. The molecule has 2 saturated heterocycles. The highest BCUT2D eigenvalue weighted by Gasteiger charge is 2.31. The molecule has 2 aliphatic rings. The van der Waals surface area contributed by atoms with Crippen LogP contribution in [0.5, 0.6) is 0 Å². The van der Waals surface area contributed by atoms with Crippen LogP contribution in [0, 0.1) is 18.8 Å². The van der Waals surface area contributed by atoms with Crippen molar-refractivity contribution in [2.24, 2.45) is 11.8 Å². The Balaban J connectivity index is 1.52. The van der Waals surface area contributed by atoms with Gasteiger partial charge in [-0.25, -0.2) is 9.67 Å². The second kappa shape index (κ2) is 6.36. The topological polar surface area (TPSA) is 63.1 Å². The summed E-state index contributed by atoms with van der Waals surface area (Å²) < 4.78 is 1.71. The van der Waals surface area contributed by atoms with Crippen molar-refractivity contribution in [1.29, 1.82) is 0 Å². The van der Waals surface area contributed by atoms with Crippen LogP contribution in [0.1, 0.15) is 28.8 Å². The van der Waals surface area contributed by atoms with Gasteiger partial charge in [0.2, 0.25) is 0 Å². The SMILES string of the molecule is Cc1cc(-n2cncn2)ccc1C(=O)N1CC[C@@H]2CNC[C@@H]2CC1. The van der Waals surface area contributed by atoms with Crippen molar-refractivity contribution in [3.63, 3.8) is 0 Å². The number of amides is 1. The van der Waals surface area contributed by atoms with Crippen molar-refractivity contribution < 1.29 is 4.79 Å². The fourth-order valence-corrected chi connectivity index (χ4v) is 3.96. The van der Waals surface area contributed by atoms with E-state index in [0.29, 0.717) is 0 Å². The molecule has 3 heterocycles. The van der Waals surface area contributed by atoms with Gasteiger partial charge in [0.05, 0.1) is 5.69 Å². The quantitative estimate of drug-likeness (QED) is 0.912. The predicted molar refractivity (Wildman–Crippen MR) is 91.1 cm³/mol. The maximum absolute atomic E-state index is 13.0. The maximum Gasteiger partial charge on any atom is 0.254 e. The molecular weight excluding hydrogens is 302 g/mol. The van der Waals surface area contributed by atoms with E-state index in [9.17, 15) is 4.79 Å². The summed E-state index contributed by atoms with van der Waals surface area (Å²) in [6.45, 7) is 5.94. The number of hydrogen-bond acceptors (Lipinski definition) is 4. The molecular formula is C18H23N5O. The number of benzene rings is 1. The van der Waals surface area contributed by atoms with Crippen LogP contribution in [0.4, 0.5) is 0 Å². The van der Waals surface area contributed by atoms with Crippen LogP contribution in [0.2, 0.25) is 0 Å². The molecule has 2 fully saturated rings. The minimum absolute atomic E-state index is 0.158. The third-order valence-corrected chi connectivity index (χ3v) is 5.43. The molecule has 24 heavy (non-hydrogen) atoms. The standard InChI is InChI=1S/C18H23N5O/c1-13-8-16(23-12-20-11-21-23)2-3-17(13)18(24)22-6-4-14-9-19-10-15(14)5-7-22/h2-3,8,11-12,14-15,19H,4-7,9-10H2,1H3/t14-,15+. The van der Waals surface area contributed by atoms with E-state index in [0.717, 1.165) is 67.7 Å². The maximum atomic E-state index is 13.0. The summed E-state index contributed by atoms with van der Waals surface area (Å²) in [5, 5.41) is 7.62. The molecule has 0 saturated carbocycles. The van der Waals surface area contributed by atoms with E-state index < -0.39 is 0 Å². The van der Waals surface area contributed by atoms with Gasteiger partial charge in [0.15, 0.2) is 0 Å². The molecule has 0 aliphatic carbocycles. The zero-order valence-corrected chi connectivity index (χ0v) is 14.0. The van der Waals surface area contributed by atoms with Gasteiger partial charge in [0.25, 0.3) is 5.91 Å². The molecule has 1 amide bonds. The summed E-state index contributed by atoms with van der Waals surface area (Å²) >= 11 is 0. The highest BCUT2D eigenvalue weighted by molar-refractivity contribution is 5.96. The van der Waals surface area contributed by atoms with Gasteiger partial charge in [-0.05, 0) is 68.5 Å². The van der Waals surface area contributed by atoms with E-state index in [4.69, 9.17) is 0 Å². The highest BCUT2D eigenvalue weighted by atomic mass is 16.2. The van der Waals surface area contributed by atoms with Crippen molar-refractivity contribution in [1.82, 2.24) is 25.0 Å². The Labute approximate surface area is 141 Å². The fourth-order valence-electron chi connectivity index (χ4n) is 3.96. The number of carbonyl (C=O) groups is 1. The first-order valence-corrected chi connectivity index (χ1v) is 8.68. The lowest BCUT2D eigenvalue weighted by molar-refractivity contribution is 0.0758. The van der Waals surface area contributed by atoms with Crippen LogP contribution in [0.25, 0.3) is 5.69 Å². The predicted octanol–water partition coefficient (Wildman–Crippen LogP) is 1.65. The smallest absolute Gasteiger partial charge is 0.254 e. The van der Waals surface area contributed by atoms with Crippen LogP contribution in [0.3, 0.4) is 0 Å². The molecule has 1 aromatic carbocycles. The third kappa shape index (κ3) is 2.82. The Morgan fingerprint density at radius 3 is 2.58 bits per heavy atom. The lowest BCUT2D eigenvalue weighted by atomic mass is 9.92. The van der Waals surface area contributed by atoms with Crippen LogP contribution >= 0.6 is 0 Å². The van der Waals surface area contributed by atoms with Crippen molar-refractivity contribution in [3.05, 3.63) is 42.0 Å². The highest BCUT2D eigenvalue weighted by Crippen LogP contribution is 2.28. The second-order valence-corrected chi connectivity index (χ2v) is 6.89. The molecule has 0 spiro atoms. The van der Waals surface area contributed by atoms with E-state index in [2.05, 4.69) is 15.4 Å². The van der Waals surface area contributed by atoms with Gasteiger partial charge in [-0.2, -0.15) is 5.10 Å². The number of nitrogens with zero attached hydrogens (tertiary/aromatic N) is 4. The first kappa shape index (κ1) is 15.3. The van der Waals surface area contributed by atoms with Crippen LogP contribution in [-0.4, -0.2) is 51.8 Å². The summed E-state index contributed by atoms with van der Waals surface area (Å²) in [6.07, 6.45) is 5.40. The van der Waals surface area contributed by atoms with Gasteiger partial charge in [-0.15, -0.1) is 0 Å². The molecule has 0 radical (unpaired) electrons. The minimum atomic E-state index is 0.158. The van der Waals surface area contributed by atoms with Gasteiger partial charge in [-0.1, -0.05) is 0 Å². The summed E-state index contributed by atoms with van der Waals surface area (Å²) in [6, 6.07) is 5.85. The molecule has 4 rings (SSSR count). The zero-order valence-electron chi connectivity index (χ0n) is 14.0. The van der Waals surface area contributed by atoms with Crippen molar-refractivity contribution in [2.75, 3.05) is 26.2 Å². The van der Waals surface area contributed by atoms with Gasteiger partial charge < -0.3 is 10.2 Å². The lowest BCUT2D eigenvalue weighted by Gasteiger charge is -2.22. The molecule has 0 bridgehead atoms. The Hall–Kier alpha value is -2.21. The largest absolute Gasteiger partial charge is 0.339 e. The average Bonchev–Trinajstić information content (AvgIpc) is 3.23. The summed E-state index contributed by atoms with van der Waals surface area (Å²) in [5.41, 5.74) is 2.71. The van der Waals surface area contributed by atoms with Gasteiger partial charge in [0, 0.05) is 18.7 Å². The molecule has 1 N–H and O–H groups in total. The van der Waals surface area contributed by atoms with Gasteiger partial charge >= 0.3 is 0 Å². The van der Waals surface area contributed by atoms with E-state index in [1.165, 1.54) is 6.33 Å². The number of aryl methyl sites for hydroxylation is 1. The number of aromatic nitrogens is 3. The van der Waals surface area contributed by atoms with Gasteiger partial charge in [0.1, 0.15) is 12.7 Å². The number of rotatable bonds is 2. The van der Waals surface area contributed by atoms with E-state index >= 15 is 0 Å². The number of nitrogens with one attached hydrogen (secondary N) is 1. The number of likely N-dealkylation sites (tertiary alicyclic amines) is 1. The molecule has 6 heteroatoms. The molecule has 126 valence electrons. The summed E-state index contributed by atoms with van der Waals surface area (Å²) in [5.74, 6) is 1.63. The van der Waals surface area contributed by atoms with Crippen molar-refractivity contribution in [3.8, 4) is 5.69 Å². The lowest BCUT2D eigenvalue weighted by Crippen LogP contribution is -2.33. The average molecular weight is 325 g/mol. The van der Waals surface area contributed by atoms with E-state index in [-0.39, 0.29) is 5.91 Å². The van der Waals surface area contributed by atoms with Crippen LogP contribution in [0.15, 0.2) is 30.9 Å². The number of hydrogen-bond donors (Lipinski definition) is 1. The van der Waals surface area contributed by atoms with E-state index in [1.54, 1.807) is 11.0 Å². The normalized spacial score (nSPS) is 23.8. The van der Waals surface area contributed by atoms with Crippen LogP contribution < -0.4 is 5.32 Å². The molecule has 6 nitrogen and oxygen atoms in total. The monoisotopic (exact) mass is 325 g/mol. The molecule has 0 unspecified atom stereocenters. The summed E-state index contributed by atoms with van der Waals surface area (Å²) in [4.78, 5) is 19.0. The molecule has 1 aromatic heterocycles. The fraction of sp³-hybridized carbons (Fsp3) is 0.500. The third-order valence-electron chi connectivity index (χ3n) is 5.43. The van der Waals surface area contributed by atoms with Crippen molar-refractivity contribution in [2.45, 2.75) is 19.8 Å². The van der Waals surface area contributed by atoms with Crippen molar-refractivity contribution >= 4 is 5.91 Å². The number of fused-ring (bicyclic) bond motifs is 1. The van der Waals surface area contributed by atoms with Crippen LogP contribution in [-0.2, 0) is 0 Å². The zero-order chi connectivity index (χ0) is 16.5. The van der Waals surface area contributed by atoms with Gasteiger partial charge in [-0.3, -0.25) is 4.79 Å². The Kier molecular flexibility index (Phi) is 4.06. The number of carbonyl (C=O) groups excluding carboxylic acids is 1. The molecule has 2 aliphatic heterocycles. The Morgan fingerprint density at radius 2 is 1.96 bits per heavy atom.